The predicted molar refractivity (Wildman–Crippen MR) is 131 cm³/mol. The molecule has 226 valence electrons. The second-order valence-electron chi connectivity index (χ2n) is 9.51. The number of rotatable bonds is 8. The summed E-state index contributed by atoms with van der Waals surface area (Å²) in [4.78, 5) is 0. The molecule has 1 fully saturated rings. The van der Waals surface area contributed by atoms with Gasteiger partial charge in [-0.05, 0) is 47.9 Å². The van der Waals surface area contributed by atoms with E-state index in [0.717, 1.165) is 31.1 Å². The van der Waals surface area contributed by atoms with Gasteiger partial charge in [0.2, 0.25) is 0 Å². The van der Waals surface area contributed by atoms with E-state index in [1.165, 1.54) is 18.2 Å². The maximum atomic E-state index is 14.8. The highest BCUT2D eigenvalue weighted by molar-refractivity contribution is 5.73. The lowest BCUT2D eigenvalue weighted by molar-refractivity contribution is -0.432. The zero-order chi connectivity index (χ0) is 30.8. The van der Waals surface area contributed by atoms with Crippen LogP contribution < -0.4 is 0 Å². The van der Waals surface area contributed by atoms with Gasteiger partial charge in [0.1, 0.15) is 34.6 Å². The third-order valence-corrected chi connectivity index (χ3v) is 6.35. The van der Waals surface area contributed by atoms with Crippen LogP contribution in [0.5, 0.6) is 0 Å². The highest BCUT2D eigenvalue weighted by Gasteiger charge is 2.49. The molecule has 0 N–H and O–H groups in total. The van der Waals surface area contributed by atoms with E-state index in [4.69, 9.17) is 9.47 Å². The molecule has 0 aromatic heterocycles. The molecule has 0 atom stereocenters. The number of hydrogen-bond acceptors (Lipinski definition) is 3. The van der Waals surface area contributed by atoms with Gasteiger partial charge in [0.15, 0.2) is 6.29 Å². The molecule has 0 amide bonds. The van der Waals surface area contributed by atoms with Crippen LogP contribution in [0.1, 0.15) is 48.3 Å². The number of alkyl halides is 5. The first-order chi connectivity index (χ1) is 19.7. The summed E-state index contributed by atoms with van der Waals surface area (Å²) in [5.74, 6) is -7.66. The highest BCUT2D eigenvalue weighted by atomic mass is 19.4. The van der Waals surface area contributed by atoms with Gasteiger partial charge in [0.05, 0.1) is 18.8 Å². The first kappa shape index (κ1) is 31.5. The molecule has 1 heterocycles. The van der Waals surface area contributed by atoms with Crippen molar-refractivity contribution in [1.82, 2.24) is 0 Å². The van der Waals surface area contributed by atoms with Crippen LogP contribution in [0.15, 0.2) is 42.5 Å². The van der Waals surface area contributed by atoms with Gasteiger partial charge in [-0.3, -0.25) is 0 Å². The normalized spacial score (nSPS) is 18.2. The molecule has 3 aromatic carbocycles. The summed E-state index contributed by atoms with van der Waals surface area (Å²) in [6, 6.07) is 5.70. The van der Waals surface area contributed by atoms with Crippen LogP contribution in [0.25, 0.3) is 23.3 Å². The monoisotopic (exact) mass is 608 g/mol. The smallest absolute Gasteiger partial charge is 0.348 e. The lowest BCUT2D eigenvalue weighted by Crippen LogP contribution is -2.29. The Morgan fingerprint density at radius 2 is 1.38 bits per heavy atom. The van der Waals surface area contributed by atoms with Crippen molar-refractivity contribution in [1.29, 1.82) is 0 Å². The molecule has 0 spiro atoms. The van der Waals surface area contributed by atoms with E-state index in [1.807, 2.05) is 6.92 Å². The van der Waals surface area contributed by atoms with E-state index in [-0.39, 0.29) is 29.2 Å². The molecule has 1 aliphatic rings. The van der Waals surface area contributed by atoms with Gasteiger partial charge in [0, 0.05) is 17.0 Å². The molecule has 42 heavy (non-hydrogen) atoms. The molecule has 0 radical (unpaired) electrons. The third-order valence-electron chi connectivity index (χ3n) is 6.35. The van der Waals surface area contributed by atoms with Gasteiger partial charge >= 0.3 is 12.5 Å². The van der Waals surface area contributed by atoms with Crippen molar-refractivity contribution < 1.29 is 58.1 Å². The summed E-state index contributed by atoms with van der Waals surface area (Å²) >= 11 is 0. The SMILES string of the molecule is CCCC1COC(c2ccc(/C=C/c3cc(F)c(-c4cc(F)c(C(F)(F)OC(F)(F)F)c(F)c4)c(F)c3)c(F)c2)OC1. The Hall–Kier alpha value is -3.42. The molecular formula is C29H22F10O3. The molecular weight excluding hydrogens is 586 g/mol. The van der Waals surface area contributed by atoms with Gasteiger partial charge in [-0.15, -0.1) is 13.2 Å². The van der Waals surface area contributed by atoms with Crippen molar-refractivity contribution in [2.75, 3.05) is 13.2 Å². The summed E-state index contributed by atoms with van der Waals surface area (Å²) in [6.07, 6.45) is -7.87. The Morgan fingerprint density at radius 3 is 1.90 bits per heavy atom. The third kappa shape index (κ3) is 7.31. The number of ether oxygens (including phenoxy) is 3. The Balaban J connectivity index is 1.54. The van der Waals surface area contributed by atoms with E-state index in [9.17, 15) is 43.9 Å². The Kier molecular flexibility index (Phi) is 9.33. The van der Waals surface area contributed by atoms with Crippen molar-refractivity contribution >= 4 is 12.2 Å². The molecule has 13 heteroatoms. The van der Waals surface area contributed by atoms with Crippen LogP contribution in [0, 0.1) is 35.0 Å². The topological polar surface area (TPSA) is 27.7 Å². The van der Waals surface area contributed by atoms with Gasteiger partial charge in [-0.25, -0.2) is 26.7 Å². The first-order valence-corrected chi connectivity index (χ1v) is 12.5. The maximum absolute atomic E-state index is 14.8. The van der Waals surface area contributed by atoms with Crippen LogP contribution in [0.3, 0.4) is 0 Å². The van der Waals surface area contributed by atoms with Crippen LogP contribution in [0.2, 0.25) is 0 Å². The zero-order valence-electron chi connectivity index (χ0n) is 21.7. The molecule has 3 aromatic rings. The van der Waals surface area contributed by atoms with E-state index >= 15 is 0 Å². The van der Waals surface area contributed by atoms with Crippen molar-refractivity contribution in [2.24, 2.45) is 5.92 Å². The van der Waals surface area contributed by atoms with E-state index in [2.05, 4.69) is 4.74 Å². The molecule has 0 unspecified atom stereocenters. The minimum atomic E-state index is -5.94. The second kappa shape index (κ2) is 12.4. The zero-order valence-corrected chi connectivity index (χ0v) is 21.7. The summed E-state index contributed by atoms with van der Waals surface area (Å²) < 4.78 is 151. The number of benzene rings is 3. The fourth-order valence-corrected chi connectivity index (χ4v) is 4.48. The predicted octanol–water partition coefficient (Wildman–Crippen LogP) is 9.27. The van der Waals surface area contributed by atoms with Crippen LogP contribution in [0.4, 0.5) is 43.9 Å². The van der Waals surface area contributed by atoms with E-state index in [1.54, 1.807) is 6.07 Å². The van der Waals surface area contributed by atoms with Crippen molar-refractivity contribution in [3.63, 3.8) is 0 Å². The fraction of sp³-hybridized carbons (Fsp3) is 0.310. The molecule has 0 bridgehead atoms. The number of hydrogen-bond donors (Lipinski definition) is 0. The molecule has 3 nitrogen and oxygen atoms in total. The summed E-state index contributed by atoms with van der Waals surface area (Å²) in [5.41, 5.74) is -3.99. The Morgan fingerprint density at radius 1 is 0.786 bits per heavy atom. The molecule has 0 saturated carbocycles. The van der Waals surface area contributed by atoms with Crippen molar-refractivity contribution in [3.8, 4) is 11.1 Å². The second-order valence-corrected chi connectivity index (χ2v) is 9.51. The average molecular weight is 608 g/mol. The minimum Gasteiger partial charge on any atom is -0.348 e. The van der Waals surface area contributed by atoms with E-state index < -0.39 is 64.5 Å². The minimum absolute atomic E-state index is 0.0453. The van der Waals surface area contributed by atoms with E-state index in [0.29, 0.717) is 18.8 Å². The van der Waals surface area contributed by atoms with Gasteiger partial charge in [-0.1, -0.05) is 37.6 Å². The molecule has 1 aliphatic heterocycles. The lowest BCUT2D eigenvalue weighted by Gasteiger charge is -2.29. The van der Waals surface area contributed by atoms with Crippen molar-refractivity contribution in [3.05, 3.63) is 93.8 Å². The van der Waals surface area contributed by atoms with Gasteiger partial charge in [0.25, 0.3) is 0 Å². The Bertz CT molecular complexity index is 1410. The first-order valence-electron chi connectivity index (χ1n) is 12.5. The Labute approximate surface area is 233 Å². The standard InChI is InChI=1S/C29H22F10O3/c1-2-3-16-13-40-27(41-14-16)18-7-6-17(20(30)10-18)5-4-15-8-21(31)25(22(32)9-15)19-11-23(33)26(24(34)12-19)28(35,36)42-29(37,38)39/h4-12,16,27H,2-3,13-14H2,1H3/b5-4+. The fourth-order valence-electron chi connectivity index (χ4n) is 4.48. The van der Waals surface area contributed by atoms with Crippen molar-refractivity contribution in [2.45, 2.75) is 38.5 Å². The molecule has 4 rings (SSSR count). The molecule has 0 aliphatic carbocycles. The summed E-state index contributed by atoms with van der Waals surface area (Å²) in [6.45, 7) is 2.98. The molecule has 1 saturated heterocycles. The maximum Gasteiger partial charge on any atom is 0.527 e. The average Bonchev–Trinajstić information content (AvgIpc) is 2.86. The van der Waals surface area contributed by atoms with Crippen LogP contribution >= 0.6 is 0 Å². The summed E-state index contributed by atoms with van der Waals surface area (Å²) in [7, 11) is 0. The lowest BCUT2D eigenvalue weighted by atomic mass is 9.99. The van der Waals surface area contributed by atoms with Crippen LogP contribution in [-0.4, -0.2) is 19.6 Å². The van der Waals surface area contributed by atoms with Crippen LogP contribution in [-0.2, 0) is 20.3 Å². The number of halogens is 10. The van der Waals surface area contributed by atoms with Gasteiger partial charge in [-0.2, -0.15) is 8.78 Å². The van der Waals surface area contributed by atoms with Gasteiger partial charge < -0.3 is 9.47 Å². The highest BCUT2D eigenvalue weighted by Crippen LogP contribution is 2.41. The summed E-state index contributed by atoms with van der Waals surface area (Å²) in [5, 5.41) is 0. The quantitative estimate of drug-likeness (QED) is 0.189. The largest absolute Gasteiger partial charge is 0.527 e.